The molecule has 1 aliphatic heterocycles. The van der Waals surface area contributed by atoms with E-state index in [0.717, 1.165) is 51.3 Å². The third-order valence-corrected chi connectivity index (χ3v) is 4.76. The number of anilines is 2. The fourth-order valence-electron chi connectivity index (χ4n) is 3.20. The molecule has 1 fully saturated rings. The Morgan fingerprint density at radius 1 is 1.08 bits per heavy atom. The average Bonchev–Trinajstić information content (AvgIpc) is 2.68. The second-order valence-corrected chi connectivity index (χ2v) is 6.80. The Morgan fingerprint density at radius 2 is 1.85 bits per heavy atom. The van der Waals surface area contributed by atoms with Gasteiger partial charge in [0, 0.05) is 39.1 Å². The van der Waals surface area contributed by atoms with Crippen molar-refractivity contribution in [1.82, 2.24) is 9.88 Å². The van der Waals surface area contributed by atoms with Crippen LogP contribution < -0.4 is 10.2 Å². The molecule has 3 rings (SSSR count). The Labute approximate surface area is 156 Å². The van der Waals surface area contributed by atoms with Crippen LogP contribution in [-0.4, -0.2) is 42.0 Å². The maximum Gasteiger partial charge on any atom is 0.225 e. The molecule has 1 N–H and O–H groups in total. The molecule has 0 saturated carbocycles. The minimum Gasteiger partial charge on any atom is -0.368 e. The van der Waals surface area contributed by atoms with Gasteiger partial charge in [0.15, 0.2) is 0 Å². The van der Waals surface area contributed by atoms with Gasteiger partial charge in [-0.2, -0.15) is 0 Å². The number of unbranched alkanes of at least 4 members (excludes halogenated alkanes) is 1. The zero-order chi connectivity index (χ0) is 18.2. The Kier molecular flexibility index (Phi) is 6.61. The molecule has 1 saturated heterocycles. The van der Waals surface area contributed by atoms with Gasteiger partial charge in [0.05, 0.1) is 11.9 Å². The fraction of sp³-hybridized carbons (Fsp3) is 0.429. The van der Waals surface area contributed by atoms with Crippen LogP contribution in [0.1, 0.15) is 31.7 Å². The fourth-order valence-corrected chi connectivity index (χ4v) is 3.20. The lowest BCUT2D eigenvalue weighted by Gasteiger charge is -2.36. The third-order valence-electron chi connectivity index (χ3n) is 4.76. The molecule has 1 aromatic heterocycles. The molecule has 26 heavy (non-hydrogen) atoms. The topological polar surface area (TPSA) is 48.5 Å². The highest BCUT2D eigenvalue weighted by molar-refractivity contribution is 5.89. The number of hydrogen-bond donors (Lipinski definition) is 1. The van der Waals surface area contributed by atoms with Crippen LogP contribution in [-0.2, 0) is 11.3 Å². The molecule has 0 spiro atoms. The highest BCUT2D eigenvalue weighted by Gasteiger charge is 2.17. The normalized spacial score (nSPS) is 15.0. The van der Waals surface area contributed by atoms with Crippen molar-refractivity contribution in [2.45, 2.75) is 32.7 Å². The summed E-state index contributed by atoms with van der Waals surface area (Å²) >= 11 is 0. The Hall–Kier alpha value is -2.40. The van der Waals surface area contributed by atoms with Gasteiger partial charge in [0.25, 0.3) is 0 Å². The van der Waals surface area contributed by atoms with E-state index in [2.05, 4.69) is 63.4 Å². The molecule has 1 aliphatic rings. The highest BCUT2D eigenvalue weighted by Crippen LogP contribution is 2.18. The first-order valence-electron chi connectivity index (χ1n) is 9.51. The van der Waals surface area contributed by atoms with Gasteiger partial charge in [0.1, 0.15) is 5.82 Å². The van der Waals surface area contributed by atoms with E-state index in [1.54, 1.807) is 0 Å². The van der Waals surface area contributed by atoms with Gasteiger partial charge in [-0.15, -0.1) is 0 Å². The maximum atomic E-state index is 11.8. The van der Waals surface area contributed by atoms with E-state index < -0.39 is 0 Å². The number of pyridine rings is 1. The predicted molar refractivity (Wildman–Crippen MR) is 106 cm³/mol. The number of piperazine rings is 1. The van der Waals surface area contributed by atoms with Crippen molar-refractivity contribution in [2.24, 2.45) is 0 Å². The summed E-state index contributed by atoms with van der Waals surface area (Å²) in [4.78, 5) is 21.0. The number of amides is 1. The molecule has 1 aromatic carbocycles. The molecule has 1 amide bonds. The minimum absolute atomic E-state index is 0.0432. The first-order valence-corrected chi connectivity index (χ1v) is 9.51. The molecule has 0 radical (unpaired) electrons. The smallest absolute Gasteiger partial charge is 0.225 e. The average molecular weight is 352 g/mol. The monoisotopic (exact) mass is 352 g/mol. The standard InChI is InChI=1S/C21H28N4O/c1-2-3-9-21(26)23-20-11-10-19(16-22-20)25-14-12-24(13-15-25)17-18-7-5-4-6-8-18/h4-8,10-11,16H,2-3,9,12-15,17H2,1H3,(H,22,23,26). The van der Waals surface area contributed by atoms with Gasteiger partial charge in [-0.3, -0.25) is 9.69 Å². The highest BCUT2D eigenvalue weighted by atomic mass is 16.1. The molecule has 2 heterocycles. The molecular formula is C21H28N4O. The Balaban J connectivity index is 1.47. The lowest BCUT2D eigenvalue weighted by Crippen LogP contribution is -2.46. The van der Waals surface area contributed by atoms with E-state index >= 15 is 0 Å². The molecule has 5 nitrogen and oxygen atoms in total. The zero-order valence-corrected chi connectivity index (χ0v) is 15.5. The van der Waals surface area contributed by atoms with Crippen molar-refractivity contribution in [3.05, 3.63) is 54.2 Å². The second kappa shape index (κ2) is 9.34. The van der Waals surface area contributed by atoms with Crippen molar-refractivity contribution in [3.63, 3.8) is 0 Å². The summed E-state index contributed by atoms with van der Waals surface area (Å²) in [6.07, 6.45) is 4.36. The van der Waals surface area contributed by atoms with E-state index in [9.17, 15) is 4.79 Å². The number of benzene rings is 1. The molecular weight excluding hydrogens is 324 g/mol. The van der Waals surface area contributed by atoms with Gasteiger partial charge in [-0.1, -0.05) is 43.7 Å². The number of carbonyl (C=O) groups is 1. The van der Waals surface area contributed by atoms with E-state index in [1.807, 2.05) is 12.3 Å². The van der Waals surface area contributed by atoms with Crippen molar-refractivity contribution in [1.29, 1.82) is 0 Å². The Bertz CT molecular complexity index is 679. The van der Waals surface area contributed by atoms with Crippen LogP contribution in [0.4, 0.5) is 11.5 Å². The first kappa shape index (κ1) is 18.4. The third kappa shape index (κ3) is 5.30. The zero-order valence-electron chi connectivity index (χ0n) is 15.5. The van der Waals surface area contributed by atoms with Crippen LogP contribution in [0, 0.1) is 0 Å². The minimum atomic E-state index is 0.0432. The predicted octanol–water partition coefficient (Wildman–Crippen LogP) is 3.53. The summed E-state index contributed by atoms with van der Waals surface area (Å²) in [5, 5.41) is 2.86. The Morgan fingerprint density at radius 3 is 2.50 bits per heavy atom. The SMILES string of the molecule is CCCCC(=O)Nc1ccc(N2CCN(Cc3ccccc3)CC2)cn1. The second-order valence-electron chi connectivity index (χ2n) is 6.80. The molecule has 0 bridgehead atoms. The van der Waals surface area contributed by atoms with Crippen molar-refractivity contribution >= 4 is 17.4 Å². The van der Waals surface area contributed by atoms with Crippen LogP contribution in [0.15, 0.2) is 48.7 Å². The van der Waals surface area contributed by atoms with Crippen LogP contribution in [0.2, 0.25) is 0 Å². The number of hydrogen-bond acceptors (Lipinski definition) is 4. The number of rotatable bonds is 7. The molecule has 0 unspecified atom stereocenters. The van der Waals surface area contributed by atoms with Crippen molar-refractivity contribution < 1.29 is 4.79 Å². The lowest BCUT2D eigenvalue weighted by atomic mass is 10.2. The maximum absolute atomic E-state index is 11.8. The van der Waals surface area contributed by atoms with Gasteiger partial charge in [-0.25, -0.2) is 4.98 Å². The molecule has 138 valence electrons. The van der Waals surface area contributed by atoms with Gasteiger partial charge >= 0.3 is 0 Å². The van der Waals surface area contributed by atoms with Crippen LogP contribution in [0.25, 0.3) is 0 Å². The number of nitrogens with one attached hydrogen (secondary N) is 1. The number of aromatic nitrogens is 1. The summed E-state index contributed by atoms with van der Waals surface area (Å²) < 4.78 is 0. The molecule has 0 aliphatic carbocycles. The van der Waals surface area contributed by atoms with E-state index in [4.69, 9.17) is 0 Å². The molecule has 2 aromatic rings. The summed E-state index contributed by atoms with van der Waals surface area (Å²) in [6.45, 7) is 7.18. The van der Waals surface area contributed by atoms with Crippen LogP contribution in [0.5, 0.6) is 0 Å². The summed E-state index contributed by atoms with van der Waals surface area (Å²) in [5.74, 6) is 0.680. The van der Waals surface area contributed by atoms with Gasteiger partial charge in [-0.05, 0) is 24.1 Å². The van der Waals surface area contributed by atoms with Crippen LogP contribution in [0.3, 0.4) is 0 Å². The van der Waals surface area contributed by atoms with Crippen LogP contribution >= 0.6 is 0 Å². The van der Waals surface area contributed by atoms with E-state index in [-0.39, 0.29) is 5.91 Å². The van der Waals surface area contributed by atoms with Crippen molar-refractivity contribution in [2.75, 3.05) is 36.4 Å². The summed E-state index contributed by atoms with van der Waals surface area (Å²) in [5.41, 5.74) is 2.49. The van der Waals surface area contributed by atoms with E-state index in [1.165, 1.54) is 5.56 Å². The van der Waals surface area contributed by atoms with Crippen molar-refractivity contribution in [3.8, 4) is 0 Å². The number of carbonyl (C=O) groups excluding carboxylic acids is 1. The quantitative estimate of drug-likeness (QED) is 0.828. The number of nitrogens with zero attached hydrogens (tertiary/aromatic N) is 3. The largest absolute Gasteiger partial charge is 0.368 e. The first-order chi connectivity index (χ1) is 12.7. The summed E-state index contributed by atoms with van der Waals surface area (Å²) in [6, 6.07) is 14.6. The van der Waals surface area contributed by atoms with E-state index in [0.29, 0.717) is 12.2 Å². The van der Waals surface area contributed by atoms with Gasteiger partial charge < -0.3 is 10.2 Å². The lowest BCUT2D eigenvalue weighted by molar-refractivity contribution is -0.116. The summed E-state index contributed by atoms with van der Waals surface area (Å²) in [7, 11) is 0. The molecule has 5 heteroatoms. The van der Waals surface area contributed by atoms with Gasteiger partial charge in [0.2, 0.25) is 5.91 Å². The molecule has 0 atom stereocenters.